The molecule has 1 N–H and O–H groups in total. The number of benzene rings is 1. The Hall–Kier alpha value is -1.39. The van der Waals surface area contributed by atoms with Crippen LogP contribution in [0.5, 0.6) is 5.75 Å². The lowest BCUT2D eigenvalue weighted by Gasteiger charge is -2.32. The number of carbonyl (C=O) groups excluding carboxylic acids is 1. The van der Waals surface area contributed by atoms with Gasteiger partial charge >= 0.3 is 0 Å². The predicted octanol–water partition coefficient (Wildman–Crippen LogP) is 2.75. The Morgan fingerprint density at radius 1 is 1.41 bits per heavy atom. The molecule has 2 rings (SSSR count). The third kappa shape index (κ3) is 5.11. The van der Waals surface area contributed by atoms with Crippen molar-refractivity contribution in [3.8, 4) is 5.75 Å². The van der Waals surface area contributed by atoms with Crippen LogP contribution in [0, 0.1) is 5.92 Å². The summed E-state index contributed by atoms with van der Waals surface area (Å²) in [6.45, 7) is 7.18. The van der Waals surface area contributed by atoms with Crippen LogP contribution < -0.4 is 4.74 Å². The fourth-order valence-corrected chi connectivity index (χ4v) is 2.94. The maximum Gasteiger partial charge on any atom is 0.162 e. The lowest BCUT2D eigenvalue weighted by molar-refractivity contribution is 0.0537. The zero-order chi connectivity index (χ0) is 15.9. The third-order valence-electron chi connectivity index (χ3n) is 4.15. The number of ketones is 1. The number of aliphatic hydroxyl groups is 1. The monoisotopic (exact) mass is 305 g/mol. The molecule has 0 aromatic heterocycles. The Bertz CT molecular complexity index is 472. The molecule has 1 heterocycles. The first-order chi connectivity index (χ1) is 10.6. The summed E-state index contributed by atoms with van der Waals surface area (Å²) >= 11 is 0. The third-order valence-corrected chi connectivity index (χ3v) is 4.15. The molecule has 4 heteroatoms. The highest BCUT2D eigenvalue weighted by atomic mass is 16.5. The molecule has 22 heavy (non-hydrogen) atoms. The zero-order valence-electron chi connectivity index (χ0n) is 13.6. The van der Waals surface area contributed by atoms with Crippen molar-refractivity contribution >= 4 is 5.78 Å². The van der Waals surface area contributed by atoms with E-state index in [1.54, 1.807) is 24.3 Å². The number of β-amino-alcohol motifs (C(OH)–C–C–N with tert-alkyl or cyclic N) is 1. The van der Waals surface area contributed by atoms with Gasteiger partial charge in [0.1, 0.15) is 18.5 Å². The van der Waals surface area contributed by atoms with Crippen LogP contribution in [-0.4, -0.2) is 48.1 Å². The van der Waals surface area contributed by atoms with Crippen LogP contribution in [0.2, 0.25) is 0 Å². The van der Waals surface area contributed by atoms with Crippen LogP contribution in [-0.2, 0) is 0 Å². The van der Waals surface area contributed by atoms with Gasteiger partial charge < -0.3 is 14.7 Å². The summed E-state index contributed by atoms with van der Waals surface area (Å²) in [6.07, 6.45) is 2.52. The Kier molecular flexibility index (Phi) is 6.40. The van der Waals surface area contributed by atoms with Crippen molar-refractivity contribution in [3.63, 3.8) is 0 Å². The number of carbonyl (C=O) groups is 1. The number of Topliss-reactive ketones (excluding diaryl/α,β-unsaturated/α-hetero) is 1. The molecular formula is C18H27NO3. The summed E-state index contributed by atoms with van der Waals surface area (Å²) in [6, 6.07) is 7.14. The van der Waals surface area contributed by atoms with E-state index in [1.807, 2.05) is 6.92 Å². The number of hydrogen-bond donors (Lipinski definition) is 1. The lowest BCUT2D eigenvalue weighted by atomic mass is 10.0. The van der Waals surface area contributed by atoms with Crippen molar-refractivity contribution in [2.24, 2.45) is 5.92 Å². The van der Waals surface area contributed by atoms with Crippen LogP contribution in [0.15, 0.2) is 24.3 Å². The van der Waals surface area contributed by atoms with Crippen LogP contribution in [0.1, 0.15) is 43.5 Å². The molecule has 0 saturated carbocycles. The molecule has 2 atom stereocenters. The molecule has 4 nitrogen and oxygen atoms in total. The minimum atomic E-state index is -0.484. The van der Waals surface area contributed by atoms with E-state index in [0.717, 1.165) is 13.1 Å². The second-order valence-electron chi connectivity index (χ2n) is 6.27. The maximum atomic E-state index is 11.6. The smallest absolute Gasteiger partial charge is 0.162 e. The average molecular weight is 305 g/mol. The Morgan fingerprint density at radius 2 is 2.14 bits per heavy atom. The highest BCUT2D eigenvalue weighted by molar-refractivity contribution is 5.95. The summed E-state index contributed by atoms with van der Waals surface area (Å²) in [4.78, 5) is 13.9. The van der Waals surface area contributed by atoms with Gasteiger partial charge in [-0.1, -0.05) is 13.8 Å². The maximum absolute atomic E-state index is 11.6. The van der Waals surface area contributed by atoms with E-state index in [9.17, 15) is 9.90 Å². The van der Waals surface area contributed by atoms with Gasteiger partial charge in [0.05, 0.1) is 0 Å². The lowest BCUT2D eigenvalue weighted by Crippen LogP contribution is -2.41. The standard InChI is InChI=1S/C18H27NO3/c1-3-18(21)15-6-8-17(9-7-15)22-13-16(20)12-19-10-4-5-14(2)11-19/h6-9,14,16,20H,3-5,10-13H2,1-2H3/t14-,16+/m0/s1. The van der Waals surface area contributed by atoms with Crippen molar-refractivity contribution in [1.29, 1.82) is 0 Å². The first-order valence-electron chi connectivity index (χ1n) is 8.25. The van der Waals surface area contributed by atoms with Crippen molar-refractivity contribution in [3.05, 3.63) is 29.8 Å². The van der Waals surface area contributed by atoms with Gasteiger partial charge in [0.15, 0.2) is 5.78 Å². The summed E-state index contributed by atoms with van der Waals surface area (Å²) in [7, 11) is 0. The molecule has 0 radical (unpaired) electrons. The number of aliphatic hydroxyl groups excluding tert-OH is 1. The van der Waals surface area contributed by atoms with E-state index in [-0.39, 0.29) is 12.4 Å². The fraction of sp³-hybridized carbons (Fsp3) is 0.611. The van der Waals surface area contributed by atoms with Gasteiger partial charge in [0.25, 0.3) is 0 Å². The minimum absolute atomic E-state index is 0.130. The minimum Gasteiger partial charge on any atom is -0.491 e. The van der Waals surface area contributed by atoms with Gasteiger partial charge in [0.2, 0.25) is 0 Å². The van der Waals surface area contributed by atoms with E-state index in [1.165, 1.54) is 12.8 Å². The molecule has 1 fully saturated rings. The number of rotatable bonds is 7. The molecule has 1 aliphatic rings. The van der Waals surface area contributed by atoms with E-state index < -0.39 is 6.10 Å². The number of hydrogen-bond acceptors (Lipinski definition) is 4. The molecule has 0 aliphatic carbocycles. The van der Waals surface area contributed by atoms with Gasteiger partial charge in [-0.05, 0) is 49.6 Å². The van der Waals surface area contributed by atoms with Crippen molar-refractivity contribution in [2.45, 2.75) is 39.2 Å². The van der Waals surface area contributed by atoms with Gasteiger partial charge in [-0.2, -0.15) is 0 Å². The first-order valence-corrected chi connectivity index (χ1v) is 8.25. The van der Waals surface area contributed by atoms with E-state index >= 15 is 0 Å². The first kappa shape index (κ1) is 17.0. The molecule has 0 bridgehead atoms. The molecule has 0 unspecified atom stereocenters. The Balaban J connectivity index is 1.76. The predicted molar refractivity (Wildman–Crippen MR) is 87.4 cm³/mol. The SMILES string of the molecule is CCC(=O)c1ccc(OC[C@H](O)CN2CCC[C@H](C)C2)cc1. The molecule has 1 aromatic carbocycles. The summed E-state index contributed by atoms with van der Waals surface area (Å²) in [5.41, 5.74) is 0.706. The highest BCUT2D eigenvalue weighted by Gasteiger charge is 2.19. The van der Waals surface area contributed by atoms with E-state index in [2.05, 4.69) is 11.8 Å². The number of nitrogens with zero attached hydrogens (tertiary/aromatic N) is 1. The van der Waals surface area contributed by atoms with Crippen molar-refractivity contribution in [2.75, 3.05) is 26.2 Å². The van der Waals surface area contributed by atoms with E-state index in [4.69, 9.17) is 4.74 Å². The number of likely N-dealkylation sites (tertiary alicyclic amines) is 1. The molecular weight excluding hydrogens is 278 g/mol. The topological polar surface area (TPSA) is 49.8 Å². The molecule has 0 amide bonds. The molecule has 1 aliphatic heterocycles. The number of piperidine rings is 1. The summed E-state index contributed by atoms with van der Waals surface area (Å²) < 4.78 is 5.62. The summed E-state index contributed by atoms with van der Waals surface area (Å²) in [5, 5.41) is 10.1. The normalized spacial score (nSPS) is 20.6. The van der Waals surface area contributed by atoms with Crippen LogP contribution in [0.25, 0.3) is 0 Å². The fourth-order valence-electron chi connectivity index (χ4n) is 2.94. The second kappa shape index (κ2) is 8.30. The average Bonchev–Trinajstić information content (AvgIpc) is 2.52. The molecule has 1 saturated heterocycles. The second-order valence-corrected chi connectivity index (χ2v) is 6.27. The largest absolute Gasteiger partial charge is 0.491 e. The van der Waals surface area contributed by atoms with Gasteiger partial charge in [-0.3, -0.25) is 4.79 Å². The molecule has 122 valence electrons. The number of ether oxygens (including phenoxy) is 1. The van der Waals surface area contributed by atoms with Crippen molar-refractivity contribution < 1.29 is 14.6 Å². The quantitative estimate of drug-likeness (QED) is 0.787. The highest BCUT2D eigenvalue weighted by Crippen LogP contribution is 2.16. The summed E-state index contributed by atoms with van der Waals surface area (Å²) in [5.74, 6) is 1.54. The van der Waals surface area contributed by atoms with Gasteiger partial charge in [-0.15, -0.1) is 0 Å². The van der Waals surface area contributed by atoms with Gasteiger partial charge in [-0.25, -0.2) is 0 Å². The van der Waals surface area contributed by atoms with E-state index in [0.29, 0.717) is 30.2 Å². The Labute approximate surface area is 133 Å². The molecule has 0 spiro atoms. The Morgan fingerprint density at radius 3 is 2.77 bits per heavy atom. The van der Waals surface area contributed by atoms with Crippen LogP contribution in [0.3, 0.4) is 0 Å². The molecule has 1 aromatic rings. The van der Waals surface area contributed by atoms with Crippen LogP contribution >= 0.6 is 0 Å². The van der Waals surface area contributed by atoms with Crippen molar-refractivity contribution in [1.82, 2.24) is 4.90 Å². The van der Waals surface area contributed by atoms with Gasteiger partial charge in [0, 0.05) is 25.1 Å². The zero-order valence-corrected chi connectivity index (χ0v) is 13.6. The van der Waals surface area contributed by atoms with Crippen LogP contribution in [0.4, 0.5) is 0 Å².